The molecule has 1 aliphatic heterocycles. The van der Waals surface area contributed by atoms with Crippen LogP contribution in [0.4, 0.5) is 4.39 Å². The van der Waals surface area contributed by atoms with Gasteiger partial charge >= 0.3 is 0 Å². The second-order valence-electron chi connectivity index (χ2n) is 9.17. The number of carbonyl (C=O) groups is 3. The van der Waals surface area contributed by atoms with Crippen LogP contribution in [0.5, 0.6) is 0 Å². The zero-order valence-corrected chi connectivity index (χ0v) is 18.5. The van der Waals surface area contributed by atoms with Gasteiger partial charge in [0.05, 0.1) is 6.04 Å². The van der Waals surface area contributed by atoms with Crippen LogP contribution in [0, 0.1) is 17.7 Å². The molecule has 8 nitrogen and oxygen atoms in total. The molecule has 2 heterocycles. The van der Waals surface area contributed by atoms with Gasteiger partial charge in [0.1, 0.15) is 30.1 Å². The maximum Gasteiger partial charge on any atom is 0.268 e. The van der Waals surface area contributed by atoms with Crippen molar-refractivity contribution in [1.29, 1.82) is 0 Å². The molecule has 9 heteroatoms. The minimum Gasteiger partial charge on any atom is -0.378 e. The number of H-pyrrole nitrogens is 1. The van der Waals surface area contributed by atoms with Crippen LogP contribution in [-0.2, 0) is 9.59 Å². The first-order chi connectivity index (χ1) is 16.0. The summed E-state index contributed by atoms with van der Waals surface area (Å²) in [7, 11) is 0. The van der Waals surface area contributed by atoms with E-state index < -0.39 is 35.9 Å². The number of aliphatic hydroxyl groups excluding tert-OH is 1. The topological polar surface area (TPSA) is 123 Å². The van der Waals surface area contributed by atoms with Gasteiger partial charge in [0.25, 0.3) is 5.91 Å². The molecular weight excluding hydrogens is 427 g/mol. The van der Waals surface area contributed by atoms with E-state index in [2.05, 4.69) is 20.9 Å². The third-order valence-electron chi connectivity index (χ3n) is 6.91. The molecule has 4 rings (SSSR count). The minimum atomic E-state index is -0.803. The highest BCUT2D eigenvalue weighted by Crippen LogP contribution is 2.28. The van der Waals surface area contributed by atoms with Crippen molar-refractivity contribution in [3.63, 3.8) is 0 Å². The van der Waals surface area contributed by atoms with E-state index in [0.717, 1.165) is 38.5 Å². The van der Waals surface area contributed by atoms with Crippen molar-refractivity contribution in [2.75, 3.05) is 6.54 Å². The number of aromatic amines is 1. The molecule has 1 aromatic heterocycles. The molecule has 0 spiro atoms. The Hall–Kier alpha value is -2.78. The normalized spacial score (nSPS) is 23.2. The molecule has 1 aromatic carbocycles. The van der Waals surface area contributed by atoms with Crippen molar-refractivity contribution in [1.82, 2.24) is 20.9 Å². The number of aldehydes is 1. The number of aromatic nitrogens is 1. The lowest BCUT2D eigenvalue weighted by molar-refractivity contribution is -0.127. The third kappa shape index (κ3) is 5.42. The number of hydrogen-bond acceptors (Lipinski definition) is 5. The van der Waals surface area contributed by atoms with E-state index in [0.29, 0.717) is 30.2 Å². The fourth-order valence-corrected chi connectivity index (χ4v) is 5.06. The lowest BCUT2D eigenvalue weighted by Crippen LogP contribution is -2.54. The lowest BCUT2D eigenvalue weighted by Gasteiger charge is -2.31. The average Bonchev–Trinajstić information content (AvgIpc) is 3.44. The van der Waals surface area contributed by atoms with E-state index >= 15 is 0 Å². The summed E-state index contributed by atoms with van der Waals surface area (Å²) >= 11 is 0. The van der Waals surface area contributed by atoms with E-state index in [1.165, 1.54) is 12.1 Å². The van der Waals surface area contributed by atoms with E-state index in [9.17, 15) is 23.9 Å². The summed E-state index contributed by atoms with van der Waals surface area (Å²) in [4.78, 5) is 40.8. The molecule has 0 bridgehead atoms. The van der Waals surface area contributed by atoms with E-state index in [1.807, 2.05) is 0 Å². The van der Waals surface area contributed by atoms with Crippen molar-refractivity contribution in [3.8, 4) is 0 Å². The molecule has 1 saturated carbocycles. The van der Waals surface area contributed by atoms with Gasteiger partial charge in [0, 0.05) is 16.8 Å². The van der Waals surface area contributed by atoms with Crippen LogP contribution in [0.2, 0.25) is 0 Å². The molecule has 1 unspecified atom stereocenters. The first kappa shape index (κ1) is 23.4. The molecule has 2 aromatic rings. The van der Waals surface area contributed by atoms with Gasteiger partial charge in [-0.05, 0) is 56.3 Å². The molecule has 1 aliphatic carbocycles. The van der Waals surface area contributed by atoms with Gasteiger partial charge in [-0.2, -0.15) is 0 Å². The maximum absolute atomic E-state index is 14.1. The van der Waals surface area contributed by atoms with Crippen LogP contribution in [0.25, 0.3) is 10.9 Å². The Morgan fingerprint density at radius 3 is 2.64 bits per heavy atom. The third-order valence-corrected chi connectivity index (χ3v) is 6.91. The first-order valence-electron chi connectivity index (χ1n) is 11.7. The number of aliphatic hydroxyl groups is 1. The number of carbonyl (C=O) groups excluding carboxylic acids is 3. The van der Waals surface area contributed by atoms with E-state index in [4.69, 9.17) is 0 Å². The Bertz CT molecular complexity index is 1000. The number of rotatable bonds is 8. The maximum atomic E-state index is 14.1. The monoisotopic (exact) mass is 458 g/mol. The quantitative estimate of drug-likeness (QED) is 0.387. The van der Waals surface area contributed by atoms with Crippen LogP contribution in [0.1, 0.15) is 55.4 Å². The Morgan fingerprint density at radius 2 is 1.97 bits per heavy atom. The highest BCUT2D eigenvalue weighted by atomic mass is 19.1. The molecule has 1 saturated heterocycles. The average molecular weight is 459 g/mol. The SMILES string of the molecule is O=C[C@H](C[C@@H]1CCNC1O)NC(=O)[C@@H](NC(=O)c1cc2c(F)cccc2[nH]1)C1CCCCC1. The Morgan fingerprint density at radius 1 is 1.18 bits per heavy atom. The second kappa shape index (κ2) is 10.4. The van der Waals surface area contributed by atoms with Gasteiger partial charge in [-0.3, -0.25) is 14.9 Å². The summed E-state index contributed by atoms with van der Waals surface area (Å²) in [5.41, 5.74) is 0.680. The first-order valence-corrected chi connectivity index (χ1v) is 11.7. The largest absolute Gasteiger partial charge is 0.378 e. The van der Waals surface area contributed by atoms with Crippen LogP contribution < -0.4 is 16.0 Å². The van der Waals surface area contributed by atoms with Crippen LogP contribution in [0.3, 0.4) is 0 Å². The number of amides is 2. The van der Waals surface area contributed by atoms with Gasteiger partial charge in [-0.25, -0.2) is 4.39 Å². The summed E-state index contributed by atoms with van der Waals surface area (Å²) in [5.74, 6) is -1.49. The molecule has 33 heavy (non-hydrogen) atoms. The number of halogens is 1. The van der Waals surface area contributed by atoms with Gasteiger partial charge in [-0.1, -0.05) is 25.3 Å². The standard InChI is InChI=1S/C24H31FN4O4/c25-18-7-4-8-19-17(18)12-20(28-19)23(32)29-21(14-5-2-1-3-6-14)24(33)27-16(13-30)11-15-9-10-26-22(15)31/h4,7-8,12-16,21-22,26,28,31H,1-3,5-6,9-11H2,(H,27,33)(H,29,32)/t15-,16-,21-,22?/m0/s1. The minimum absolute atomic E-state index is 0.0464. The number of hydrogen-bond donors (Lipinski definition) is 5. The predicted molar refractivity (Wildman–Crippen MR) is 121 cm³/mol. The molecule has 178 valence electrons. The Kier molecular flexibility index (Phi) is 7.39. The molecule has 0 radical (unpaired) electrons. The second-order valence-corrected chi connectivity index (χ2v) is 9.17. The Labute approximate surface area is 191 Å². The predicted octanol–water partition coefficient (Wildman–Crippen LogP) is 1.99. The number of benzene rings is 1. The van der Waals surface area contributed by atoms with Crippen molar-refractivity contribution in [3.05, 3.63) is 35.8 Å². The molecule has 4 atom stereocenters. The smallest absolute Gasteiger partial charge is 0.268 e. The van der Waals surface area contributed by atoms with Gasteiger partial charge in [0.15, 0.2) is 0 Å². The number of fused-ring (bicyclic) bond motifs is 1. The summed E-state index contributed by atoms with van der Waals surface area (Å²) in [6.07, 6.45) is 5.68. The van der Waals surface area contributed by atoms with Gasteiger partial charge < -0.3 is 25.5 Å². The summed E-state index contributed by atoms with van der Waals surface area (Å²) in [6.45, 7) is 0.664. The summed E-state index contributed by atoms with van der Waals surface area (Å²) < 4.78 is 14.1. The molecule has 2 aliphatic rings. The molecule has 2 fully saturated rings. The highest BCUT2D eigenvalue weighted by Gasteiger charge is 2.34. The van der Waals surface area contributed by atoms with Gasteiger partial charge in [0.2, 0.25) is 5.91 Å². The zero-order chi connectivity index (χ0) is 23.4. The van der Waals surface area contributed by atoms with Gasteiger partial charge in [-0.15, -0.1) is 0 Å². The fraction of sp³-hybridized carbons (Fsp3) is 0.542. The van der Waals surface area contributed by atoms with E-state index in [-0.39, 0.29) is 17.5 Å². The summed E-state index contributed by atoms with van der Waals surface area (Å²) in [6, 6.07) is 4.46. The molecule has 5 N–H and O–H groups in total. The lowest BCUT2D eigenvalue weighted by atomic mass is 9.83. The zero-order valence-electron chi connectivity index (χ0n) is 18.5. The van der Waals surface area contributed by atoms with Crippen LogP contribution in [0.15, 0.2) is 24.3 Å². The Balaban J connectivity index is 1.48. The van der Waals surface area contributed by atoms with Crippen molar-refractivity contribution in [2.24, 2.45) is 11.8 Å². The van der Waals surface area contributed by atoms with Crippen LogP contribution >= 0.6 is 0 Å². The van der Waals surface area contributed by atoms with Crippen molar-refractivity contribution < 1.29 is 23.9 Å². The number of nitrogens with one attached hydrogen (secondary N) is 4. The highest BCUT2D eigenvalue weighted by molar-refractivity contribution is 6.00. The summed E-state index contributed by atoms with van der Waals surface area (Å²) in [5, 5.41) is 18.8. The fourth-order valence-electron chi connectivity index (χ4n) is 5.06. The molecule has 2 amide bonds. The van der Waals surface area contributed by atoms with Crippen LogP contribution in [-0.4, -0.2) is 53.0 Å². The van der Waals surface area contributed by atoms with Crippen molar-refractivity contribution in [2.45, 2.75) is 63.3 Å². The van der Waals surface area contributed by atoms with Crippen molar-refractivity contribution >= 4 is 29.0 Å². The molecular formula is C24H31FN4O4. The van der Waals surface area contributed by atoms with E-state index in [1.54, 1.807) is 12.1 Å².